The van der Waals surface area contributed by atoms with E-state index in [1.165, 1.54) is 12.7 Å². The molecule has 0 aliphatic carbocycles. The van der Waals surface area contributed by atoms with Crippen LogP contribution in [0.2, 0.25) is 0 Å². The lowest BCUT2D eigenvalue weighted by atomic mass is 10.1. The van der Waals surface area contributed by atoms with Crippen molar-refractivity contribution in [2.45, 2.75) is 75.9 Å². The highest BCUT2D eigenvalue weighted by Crippen LogP contribution is 2.43. The molecule has 0 unspecified atom stereocenters. The van der Waals surface area contributed by atoms with E-state index in [1.807, 2.05) is 0 Å². The Bertz CT molecular complexity index is 2070. The summed E-state index contributed by atoms with van der Waals surface area (Å²) in [6.07, 6.45) is -5.30. The molecule has 2 fully saturated rings. The molecule has 3 heterocycles. The van der Waals surface area contributed by atoms with Crippen molar-refractivity contribution in [1.29, 1.82) is 0 Å². The molecule has 2 atom stereocenters. The summed E-state index contributed by atoms with van der Waals surface area (Å²) in [6, 6.07) is 3.47. The number of carbonyl (C=O) groups is 4. The van der Waals surface area contributed by atoms with Gasteiger partial charge in [-0.2, -0.15) is 36.5 Å². The van der Waals surface area contributed by atoms with Gasteiger partial charge in [0.15, 0.2) is 11.5 Å². The average Bonchev–Trinajstić information content (AvgIpc) is 4.00. The van der Waals surface area contributed by atoms with E-state index in [-0.39, 0.29) is 35.7 Å². The molecule has 12 N–H and O–H groups in total. The zero-order valence-electron chi connectivity index (χ0n) is 35.3. The Hall–Kier alpha value is -6.96. The molecule has 0 bridgehead atoms. The first kappa shape index (κ1) is 50.0. The third-order valence-corrected chi connectivity index (χ3v) is 9.89. The number of carbonyl (C=O) groups excluding carboxylic acids is 4. The molecule has 3 aromatic rings. The van der Waals surface area contributed by atoms with Gasteiger partial charge in [0, 0.05) is 45.1 Å². The minimum absolute atomic E-state index is 0.0808. The van der Waals surface area contributed by atoms with E-state index in [9.17, 15) is 45.5 Å². The number of hydrogen-bond acceptors (Lipinski definition) is 14. The number of hydrazone groups is 2. The molecule has 5 rings (SSSR count). The van der Waals surface area contributed by atoms with E-state index in [4.69, 9.17) is 21.2 Å². The maximum absolute atomic E-state index is 14.3. The van der Waals surface area contributed by atoms with Gasteiger partial charge in [0.2, 0.25) is 11.8 Å². The lowest BCUT2D eigenvalue weighted by Gasteiger charge is -2.22. The van der Waals surface area contributed by atoms with Crippen molar-refractivity contribution >= 4 is 59.1 Å². The number of ether oxygens (including phenoxy) is 2. The summed E-state index contributed by atoms with van der Waals surface area (Å²) < 4.78 is 97.9. The van der Waals surface area contributed by atoms with Crippen molar-refractivity contribution in [3.8, 4) is 11.5 Å². The molecule has 26 heteroatoms. The van der Waals surface area contributed by atoms with Crippen molar-refractivity contribution in [1.82, 2.24) is 31.2 Å². The Morgan fingerprint density at radius 1 is 0.636 bits per heavy atom. The topological polar surface area (TPSA) is 286 Å². The van der Waals surface area contributed by atoms with Crippen LogP contribution < -0.4 is 63.7 Å². The molecule has 4 amide bonds. The SMILES string of the molecule is NN=CNCCCCC(=O)Nc1cc(C(F)(F)F)cc(NC(=O)c2cc(C(=O)Nc3cc(C(F)(F)F)cc(NC(=O)CCCCNC=NN)c3O[C@@H]3CCNC3)ncn2)c1O[C@@H]1CCNC1. The number of nitrogens with one attached hydrogen (secondary N) is 8. The number of unbranched alkanes of at least 4 members (excludes halogenated alkanes) is 2. The molecule has 2 saturated heterocycles. The Morgan fingerprint density at radius 3 is 1.38 bits per heavy atom. The second kappa shape index (κ2) is 23.8. The largest absolute Gasteiger partial charge is 0.485 e. The third kappa shape index (κ3) is 15.1. The van der Waals surface area contributed by atoms with Gasteiger partial charge in [-0.15, -0.1) is 0 Å². The van der Waals surface area contributed by atoms with Gasteiger partial charge in [-0.05, 0) is 75.9 Å². The summed E-state index contributed by atoms with van der Waals surface area (Å²) in [5.41, 5.74) is -5.31. The van der Waals surface area contributed by atoms with Gasteiger partial charge in [0.25, 0.3) is 11.8 Å². The number of hydrogen-bond donors (Lipinski definition) is 10. The second-order valence-corrected chi connectivity index (χ2v) is 14.9. The number of nitrogens with zero attached hydrogens (tertiary/aromatic N) is 4. The zero-order valence-corrected chi connectivity index (χ0v) is 35.3. The summed E-state index contributed by atoms with van der Waals surface area (Å²) in [6.45, 7) is 2.51. The number of nitrogens with two attached hydrogens (primary N) is 2. The minimum atomic E-state index is -4.95. The maximum Gasteiger partial charge on any atom is 0.416 e. The lowest BCUT2D eigenvalue weighted by Crippen LogP contribution is -2.24. The monoisotopic (exact) mass is 936 g/mol. The van der Waals surface area contributed by atoms with Gasteiger partial charge < -0.3 is 63.7 Å². The van der Waals surface area contributed by atoms with Crippen LogP contribution in [0.4, 0.5) is 49.1 Å². The highest BCUT2D eigenvalue weighted by Gasteiger charge is 2.36. The van der Waals surface area contributed by atoms with Crippen molar-refractivity contribution in [2.24, 2.45) is 21.9 Å². The van der Waals surface area contributed by atoms with Crippen LogP contribution in [0.5, 0.6) is 11.5 Å². The van der Waals surface area contributed by atoms with Gasteiger partial charge in [0.1, 0.15) is 42.6 Å². The zero-order chi connectivity index (χ0) is 47.7. The highest BCUT2D eigenvalue weighted by molar-refractivity contribution is 6.09. The first-order valence-corrected chi connectivity index (χ1v) is 20.8. The van der Waals surface area contributed by atoms with Gasteiger partial charge in [-0.1, -0.05) is 0 Å². The van der Waals surface area contributed by atoms with Crippen molar-refractivity contribution < 1.29 is 55.0 Å². The average molecular weight is 937 g/mol. The Morgan fingerprint density at radius 2 is 1.03 bits per heavy atom. The number of benzene rings is 2. The van der Waals surface area contributed by atoms with E-state index in [2.05, 4.69) is 62.7 Å². The molecule has 2 aromatic carbocycles. The van der Waals surface area contributed by atoms with Crippen molar-refractivity contribution in [2.75, 3.05) is 60.5 Å². The summed E-state index contributed by atoms with van der Waals surface area (Å²) in [5.74, 6) is 5.96. The number of alkyl halides is 6. The van der Waals surface area contributed by atoms with Gasteiger partial charge in [0.05, 0.1) is 33.9 Å². The molecule has 0 radical (unpaired) electrons. The highest BCUT2D eigenvalue weighted by atomic mass is 19.4. The molecular formula is C40H50F6N14O6. The molecule has 2 aliphatic heterocycles. The summed E-state index contributed by atoms with van der Waals surface area (Å²) in [7, 11) is 0. The predicted octanol–water partition coefficient (Wildman–Crippen LogP) is 3.70. The van der Waals surface area contributed by atoms with Crippen LogP contribution in [0.15, 0.2) is 46.9 Å². The molecule has 2 aliphatic rings. The number of halogens is 6. The van der Waals surface area contributed by atoms with Crippen LogP contribution in [0.25, 0.3) is 0 Å². The number of amides is 4. The molecule has 20 nitrogen and oxygen atoms in total. The van der Waals surface area contributed by atoms with Crippen LogP contribution in [0.1, 0.15) is 83.5 Å². The van der Waals surface area contributed by atoms with E-state index in [1.54, 1.807) is 0 Å². The fourth-order valence-electron chi connectivity index (χ4n) is 6.66. The standard InChI is InChI=1S/C40H50F6N14O6/c41-39(42,43)23-13-27(57-33(61)5-1-3-9-51-20-55-47)35(65-25-7-11-49-18-25)29(15-23)59-37(63)31-17-32(54-22-53-31)38(64)60-30-16-24(40(44,45)46)14-28(36(30)66-26-8-12-50-19-26)58-34(62)6-2-4-10-52-21-56-48/h13-17,20-22,25-26,49-50H,1-12,18-19,47-48H2,(H,51,55)(H,52,56)(H,57,61)(H,58,62)(H,59,63)(H,60,64)/t25-,26-/m1/s1. The lowest BCUT2D eigenvalue weighted by molar-refractivity contribution is -0.138. The first-order valence-electron chi connectivity index (χ1n) is 20.8. The van der Waals surface area contributed by atoms with E-state index >= 15 is 0 Å². The summed E-state index contributed by atoms with van der Waals surface area (Å²) in [4.78, 5) is 61.3. The summed E-state index contributed by atoms with van der Waals surface area (Å²) >= 11 is 0. The number of aromatic nitrogens is 2. The van der Waals surface area contributed by atoms with Crippen LogP contribution in [-0.2, 0) is 21.9 Å². The second-order valence-electron chi connectivity index (χ2n) is 14.9. The molecule has 0 saturated carbocycles. The quantitative estimate of drug-likeness (QED) is 0.0172. The third-order valence-electron chi connectivity index (χ3n) is 9.89. The molecule has 1 aromatic heterocycles. The maximum atomic E-state index is 14.3. The molecule has 66 heavy (non-hydrogen) atoms. The van der Waals surface area contributed by atoms with Crippen molar-refractivity contribution in [3.63, 3.8) is 0 Å². The number of anilines is 4. The first-order chi connectivity index (χ1) is 31.5. The van der Waals surface area contributed by atoms with Crippen LogP contribution in [-0.4, -0.2) is 97.8 Å². The van der Waals surface area contributed by atoms with E-state index in [0.717, 1.165) is 12.4 Å². The van der Waals surface area contributed by atoms with Gasteiger partial charge in [-0.25, -0.2) is 9.97 Å². The minimum Gasteiger partial charge on any atom is -0.485 e. The van der Waals surface area contributed by atoms with Gasteiger partial charge in [-0.3, -0.25) is 19.2 Å². The predicted molar refractivity (Wildman–Crippen MR) is 231 cm³/mol. The Labute approximate surface area is 373 Å². The molecule has 0 spiro atoms. The van der Waals surface area contributed by atoms with Gasteiger partial charge >= 0.3 is 12.4 Å². The Kier molecular flexibility index (Phi) is 18.1. The van der Waals surface area contributed by atoms with Crippen LogP contribution in [0, 0.1) is 0 Å². The number of rotatable bonds is 22. The normalized spacial score (nSPS) is 16.3. The van der Waals surface area contributed by atoms with Crippen LogP contribution >= 0.6 is 0 Å². The van der Waals surface area contributed by atoms with Crippen molar-refractivity contribution in [3.05, 3.63) is 59.2 Å². The van der Waals surface area contributed by atoms with E-state index in [0.29, 0.717) is 102 Å². The van der Waals surface area contributed by atoms with Crippen LogP contribution in [0.3, 0.4) is 0 Å². The molecular weight excluding hydrogens is 887 g/mol. The molecule has 358 valence electrons. The van der Waals surface area contributed by atoms with E-state index < -0.39 is 82.1 Å². The summed E-state index contributed by atoms with van der Waals surface area (Å²) in [5, 5.41) is 28.0. The Balaban J connectivity index is 1.42. The fourth-order valence-corrected chi connectivity index (χ4v) is 6.66. The fraction of sp³-hybridized carbons (Fsp3) is 0.450. The smallest absolute Gasteiger partial charge is 0.416 e.